The molecule has 1 rings (SSSR count). The molecule has 20 heavy (non-hydrogen) atoms. The molecule has 0 aliphatic heterocycles. The molecule has 112 valence electrons. The number of amides is 1. The third-order valence-electron chi connectivity index (χ3n) is 3.26. The average Bonchev–Trinajstić information content (AvgIpc) is 2.44. The number of methoxy groups -OCH3 is 1. The zero-order valence-corrected chi connectivity index (χ0v) is 12.8. The molecule has 0 radical (unpaired) electrons. The highest BCUT2D eigenvalue weighted by molar-refractivity contribution is 5.76. The molecule has 0 aromatic heterocycles. The SMILES string of the molecule is COc1ccc(OCCCC(=O)N[C@@H](C)C(C)C)cc1. The normalized spacial score (nSPS) is 12.1. The quantitative estimate of drug-likeness (QED) is 0.744. The summed E-state index contributed by atoms with van der Waals surface area (Å²) in [5.74, 6) is 2.14. The van der Waals surface area contributed by atoms with E-state index in [1.165, 1.54) is 0 Å². The van der Waals surface area contributed by atoms with Crippen molar-refractivity contribution in [1.82, 2.24) is 5.32 Å². The summed E-state index contributed by atoms with van der Waals surface area (Å²) in [5, 5.41) is 2.98. The lowest BCUT2D eigenvalue weighted by molar-refractivity contribution is -0.122. The molecular formula is C16H25NO3. The number of ether oxygens (including phenoxy) is 2. The van der Waals surface area contributed by atoms with Gasteiger partial charge in [-0.3, -0.25) is 4.79 Å². The first-order valence-electron chi connectivity index (χ1n) is 7.09. The van der Waals surface area contributed by atoms with Gasteiger partial charge in [0.2, 0.25) is 5.91 Å². The number of carbonyl (C=O) groups excluding carboxylic acids is 1. The van der Waals surface area contributed by atoms with Gasteiger partial charge in [0.05, 0.1) is 13.7 Å². The number of hydrogen-bond donors (Lipinski definition) is 1. The van der Waals surface area contributed by atoms with Crippen LogP contribution in [-0.2, 0) is 4.79 Å². The fraction of sp³-hybridized carbons (Fsp3) is 0.562. The molecule has 0 aliphatic rings. The van der Waals surface area contributed by atoms with Crippen LogP contribution in [0.4, 0.5) is 0 Å². The molecule has 0 heterocycles. The molecule has 1 aromatic rings. The number of rotatable bonds is 8. The molecule has 0 bridgehead atoms. The van der Waals surface area contributed by atoms with E-state index in [-0.39, 0.29) is 11.9 Å². The lowest BCUT2D eigenvalue weighted by Gasteiger charge is -2.17. The van der Waals surface area contributed by atoms with Crippen molar-refractivity contribution in [2.45, 2.75) is 39.7 Å². The first-order chi connectivity index (χ1) is 9.52. The predicted molar refractivity (Wildman–Crippen MR) is 80.2 cm³/mol. The Kier molecular flexibility index (Phi) is 6.91. The molecule has 4 heteroatoms. The van der Waals surface area contributed by atoms with Crippen molar-refractivity contribution < 1.29 is 14.3 Å². The van der Waals surface area contributed by atoms with Crippen LogP contribution in [0.2, 0.25) is 0 Å². The largest absolute Gasteiger partial charge is 0.497 e. The Bertz CT molecular complexity index is 401. The Labute approximate surface area is 121 Å². The van der Waals surface area contributed by atoms with Crippen LogP contribution >= 0.6 is 0 Å². The van der Waals surface area contributed by atoms with Gasteiger partial charge in [-0.25, -0.2) is 0 Å². The summed E-state index contributed by atoms with van der Waals surface area (Å²) >= 11 is 0. The zero-order valence-electron chi connectivity index (χ0n) is 12.8. The maximum atomic E-state index is 11.7. The fourth-order valence-corrected chi connectivity index (χ4v) is 1.59. The Hall–Kier alpha value is -1.71. The van der Waals surface area contributed by atoms with Gasteiger partial charge in [-0.15, -0.1) is 0 Å². The van der Waals surface area contributed by atoms with E-state index in [1.54, 1.807) is 7.11 Å². The first-order valence-corrected chi connectivity index (χ1v) is 7.09. The van der Waals surface area contributed by atoms with Gasteiger partial charge in [-0.1, -0.05) is 13.8 Å². The second-order valence-corrected chi connectivity index (χ2v) is 5.23. The van der Waals surface area contributed by atoms with Crippen LogP contribution < -0.4 is 14.8 Å². The lowest BCUT2D eigenvalue weighted by Crippen LogP contribution is -2.36. The fourth-order valence-electron chi connectivity index (χ4n) is 1.59. The van der Waals surface area contributed by atoms with E-state index in [4.69, 9.17) is 9.47 Å². The summed E-state index contributed by atoms with van der Waals surface area (Å²) in [6.45, 7) is 6.75. The van der Waals surface area contributed by atoms with Gasteiger partial charge in [0.15, 0.2) is 0 Å². The Morgan fingerprint density at radius 2 is 1.75 bits per heavy atom. The molecule has 1 amide bonds. The van der Waals surface area contributed by atoms with Crippen LogP contribution in [-0.4, -0.2) is 25.7 Å². The minimum Gasteiger partial charge on any atom is -0.497 e. The summed E-state index contributed by atoms with van der Waals surface area (Å²) in [6, 6.07) is 7.64. The summed E-state index contributed by atoms with van der Waals surface area (Å²) in [7, 11) is 1.63. The maximum absolute atomic E-state index is 11.7. The highest BCUT2D eigenvalue weighted by atomic mass is 16.5. The summed E-state index contributed by atoms with van der Waals surface area (Å²) in [4.78, 5) is 11.7. The number of carbonyl (C=O) groups is 1. The molecule has 0 saturated heterocycles. The van der Waals surface area contributed by atoms with Gasteiger partial charge in [-0.05, 0) is 43.5 Å². The van der Waals surface area contributed by atoms with E-state index in [2.05, 4.69) is 19.2 Å². The van der Waals surface area contributed by atoms with Crippen LogP contribution in [0.5, 0.6) is 11.5 Å². The van der Waals surface area contributed by atoms with Crippen molar-refractivity contribution >= 4 is 5.91 Å². The van der Waals surface area contributed by atoms with Crippen molar-refractivity contribution in [3.8, 4) is 11.5 Å². The molecular weight excluding hydrogens is 254 g/mol. The zero-order chi connectivity index (χ0) is 15.0. The highest BCUT2D eigenvalue weighted by Gasteiger charge is 2.10. The third-order valence-corrected chi connectivity index (χ3v) is 3.26. The molecule has 0 aliphatic carbocycles. The molecule has 0 saturated carbocycles. The summed E-state index contributed by atoms with van der Waals surface area (Å²) in [5.41, 5.74) is 0. The molecule has 0 unspecified atom stereocenters. The number of benzene rings is 1. The Morgan fingerprint density at radius 3 is 2.30 bits per heavy atom. The Morgan fingerprint density at radius 1 is 1.15 bits per heavy atom. The number of nitrogens with one attached hydrogen (secondary N) is 1. The van der Waals surface area contributed by atoms with Crippen LogP contribution in [0.3, 0.4) is 0 Å². The topological polar surface area (TPSA) is 47.6 Å². The predicted octanol–water partition coefficient (Wildman–Crippen LogP) is 3.01. The van der Waals surface area contributed by atoms with Crippen molar-refractivity contribution in [3.63, 3.8) is 0 Å². The van der Waals surface area contributed by atoms with Crippen LogP contribution in [0.1, 0.15) is 33.6 Å². The molecule has 4 nitrogen and oxygen atoms in total. The number of hydrogen-bond acceptors (Lipinski definition) is 3. The van der Waals surface area contributed by atoms with Gasteiger partial charge >= 0.3 is 0 Å². The van der Waals surface area contributed by atoms with Crippen LogP contribution in [0.15, 0.2) is 24.3 Å². The molecule has 1 atom stereocenters. The van der Waals surface area contributed by atoms with E-state index in [0.717, 1.165) is 11.5 Å². The van der Waals surface area contributed by atoms with Gasteiger partial charge in [0.25, 0.3) is 0 Å². The average molecular weight is 279 g/mol. The standard InChI is InChI=1S/C16H25NO3/c1-12(2)13(3)17-16(18)6-5-11-20-15-9-7-14(19-4)8-10-15/h7-10,12-13H,5-6,11H2,1-4H3,(H,17,18)/t13-/m0/s1. The van der Waals surface area contributed by atoms with Crippen LogP contribution in [0.25, 0.3) is 0 Å². The smallest absolute Gasteiger partial charge is 0.220 e. The second-order valence-electron chi connectivity index (χ2n) is 5.23. The molecule has 0 spiro atoms. The monoisotopic (exact) mass is 279 g/mol. The van der Waals surface area contributed by atoms with E-state index < -0.39 is 0 Å². The van der Waals surface area contributed by atoms with Crippen molar-refractivity contribution in [2.75, 3.05) is 13.7 Å². The van der Waals surface area contributed by atoms with Crippen LogP contribution in [0, 0.1) is 5.92 Å². The lowest BCUT2D eigenvalue weighted by atomic mass is 10.1. The highest BCUT2D eigenvalue weighted by Crippen LogP contribution is 2.17. The van der Waals surface area contributed by atoms with E-state index in [1.807, 2.05) is 31.2 Å². The molecule has 1 N–H and O–H groups in total. The third kappa shape index (κ3) is 5.95. The van der Waals surface area contributed by atoms with Crippen molar-refractivity contribution in [1.29, 1.82) is 0 Å². The first kappa shape index (κ1) is 16.3. The van der Waals surface area contributed by atoms with Gasteiger partial charge in [0, 0.05) is 12.5 Å². The van der Waals surface area contributed by atoms with E-state index in [0.29, 0.717) is 25.4 Å². The second kappa shape index (κ2) is 8.46. The molecule has 0 fully saturated rings. The van der Waals surface area contributed by atoms with Crippen molar-refractivity contribution in [3.05, 3.63) is 24.3 Å². The van der Waals surface area contributed by atoms with Gasteiger partial charge in [-0.2, -0.15) is 0 Å². The summed E-state index contributed by atoms with van der Waals surface area (Å²) in [6.07, 6.45) is 1.20. The minimum atomic E-state index is 0.0875. The van der Waals surface area contributed by atoms with Gasteiger partial charge < -0.3 is 14.8 Å². The van der Waals surface area contributed by atoms with E-state index >= 15 is 0 Å². The Balaban J connectivity index is 2.19. The summed E-state index contributed by atoms with van der Waals surface area (Å²) < 4.78 is 10.6. The minimum absolute atomic E-state index is 0.0875. The van der Waals surface area contributed by atoms with E-state index in [9.17, 15) is 4.79 Å². The molecule has 1 aromatic carbocycles. The van der Waals surface area contributed by atoms with Gasteiger partial charge in [0.1, 0.15) is 11.5 Å². The van der Waals surface area contributed by atoms with Crippen molar-refractivity contribution in [2.24, 2.45) is 5.92 Å². The maximum Gasteiger partial charge on any atom is 0.220 e.